The Morgan fingerprint density at radius 2 is 1.79 bits per heavy atom. The van der Waals surface area contributed by atoms with E-state index in [1.165, 1.54) is 30.0 Å². The fourth-order valence-electron chi connectivity index (χ4n) is 3.99. The van der Waals surface area contributed by atoms with Crippen LogP contribution in [-0.2, 0) is 12.6 Å². The van der Waals surface area contributed by atoms with Crippen molar-refractivity contribution in [2.45, 2.75) is 31.5 Å². The minimum absolute atomic E-state index is 0. The molecule has 1 unspecified atom stereocenters. The van der Waals surface area contributed by atoms with Gasteiger partial charge in [0.1, 0.15) is 0 Å². The van der Waals surface area contributed by atoms with Crippen LogP contribution in [0.5, 0.6) is 0 Å². The zero-order valence-corrected chi connectivity index (χ0v) is 16.7. The standard InChI is InChI=1S/C20H20F3N3S.ClH/c21-20(22,23)14-3-1-4-15(11-14)24-19(27)25-16-7-6-13-8-10-26-9-2-5-18(26)17(13)12-16;/h1,3-4,6-7,11-12,18H,2,5,8-10H2,(H2,24,25,27);1H. The number of thiocarbonyl (C=S) groups is 1. The second-order valence-electron chi connectivity index (χ2n) is 7.02. The van der Waals surface area contributed by atoms with E-state index in [1.54, 1.807) is 6.07 Å². The molecular formula is C20H21ClF3N3S. The van der Waals surface area contributed by atoms with Crippen LogP contribution in [0.4, 0.5) is 24.5 Å². The largest absolute Gasteiger partial charge is 0.416 e. The van der Waals surface area contributed by atoms with E-state index in [2.05, 4.69) is 27.7 Å². The van der Waals surface area contributed by atoms with Gasteiger partial charge in [-0.2, -0.15) is 13.2 Å². The lowest BCUT2D eigenvalue weighted by atomic mass is 9.92. The molecule has 8 heteroatoms. The molecule has 1 fully saturated rings. The van der Waals surface area contributed by atoms with E-state index in [9.17, 15) is 13.2 Å². The third-order valence-corrected chi connectivity index (χ3v) is 5.45. The Balaban J connectivity index is 0.00000225. The zero-order valence-electron chi connectivity index (χ0n) is 15.1. The number of alkyl halides is 3. The van der Waals surface area contributed by atoms with Crippen molar-refractivity contribution in [2.75, 3.05) is 23.7 Å². The van der Waals surface area contributed by atoms with Crippen LogP contribution in [0, 0.1) is 0 Å². The van der Waals surface area contributed by atoms with Gasteiger partial charge in [0.2, 0.25) is 0 Å². The van der Waals surface area contributed by atoms with E-state index in [4.69, 9.17) is 12.2 Å². The molecule has 2 N–H and O–H groups in total. The van der Waals surface area contributed by atoms with E-state index >= 15 is 0 Å². The first-order valence-corrected chi connectivity index (χ1v) is 9.43. The minimum Gasteiger partial charge on any atom is -0.332 e. The van der Waals surface area contributed by atoms with Crippen molar-refractivity contribution in [3.05, 3.63) is 59.2 Å². The normalized spacial score (nSPS) is 18.6. The summed E-state index contributed by atoms with van der Waals surface area (Å²) in [6, 6.07) is 11.7. The van der Waals surface area contributed by atoms with Crippen molar-refractivity contribution in [3.8, 4) is 0 Å². The molecule has 2 aliphatic rings. The summed E-state index contributed by atoms with van der Waals surface area (Å²) in [5, 5.41) is 6.21. The number of fused-ring (bicyclic) bond motifs is 3. The summed E-state index contributed by atoms with van der Waals surface area (Å²) in [5.74, 6) is 0. The fraction of sp³-hybridized carbons (Fsp3) is 0.350. The smallest absolute Gasteiger partial charge is 0.332 e. The number of hydrogen-bond donors (Lipinski definition) is 2. The third kappa shape index (κ3) is 4.42. The van der Waals surface area contributed by atoms with Crippen molar-refractivity contribution >= 4 is 41.1 Å². The molecule has 0 aliphatic carbocycles. The first kappa shape index (κ1) is 20.9. The summed E-state index contributed by atoms with van der Waals surface area (Å²) in [4.78, 5) is 2.52. The topological polar surface area (TPSA) is 27.3 Å². The van der Waals surface area contributed by atoms with Gasteiger partial charge in [-0.3, -0.25) is 4.90 Å². The van der Waals surface area contributed by atoms with E-state index in [0.717, 1.165) is 37.3 Å². The second kappa shape index (κ2) is 8.27. The number of halogens is 4. The van der Waals surface area contributed by atoms with Gasteiger partial charge in [-0.05, 0) is 79.5 Å². The average molecular weight is 428 g/mol. The molecule has 0 amide bonds. The maximum absolute atomic E-state index is 12.8. The monoisotopic (exact) mass is 427 g/mol. The Bertz CT molecular complexity index is 872. The van der Waals surface area contributed by atoms with Gasteiger partial charge in [0, 0.05) is 24.0 Å². The van der Waals surface area contributed by atoms with Crippen molar-refractivity contribution in [2.24, 2.45) is 0 Å². The molecule has 4 rings (SSSR count). The van der Waals surface area contributed by atoms with Crippen LogP contribution in [-0.4, -0.2) is 23.1 Å². The minimum atomic E-state index is -4.38. The molecule has 1 atom stereocenters. The van der Waals surface area contributed by atoms with Crippen LogP contribution in [0.15, 0.2) is 42.5 Å². The van der Waals surface area contributed by atoms with E-state index in [0.29, 0.717) is 11.7 Å². The molecule has 0 aromatic heterocycles. The maximum Gasteiger partial charge on any atom is 0.416 e. The van der Waals surface area contributed by atoms with Gasteiger partial charge in [-0.1, -0.05) is 12.1 Å². The highest BCUT2D eigenvalue weighted by atomic mass is 35.5. The molecular weight excluding hydrogens is 407 g/mol. The van der Waals surface area contributed by atoms with Gasteiger partial charge in [0.25, 0.3) is 0 Å². The Morgan fingerprint density at radius 3 is 2.54 bits per heavy atom. The Labute approximate surface area is 173 Å². The van der Waals surface area contributed by atoms with Crippen molar-refractivity contribution in [3.63, 3.8) is 0 Å². The zero-order chi connectivity index (χ0) is 19.0. The van der Waals surface area contributed by atoms with Gasteiger partial charge in [0.15, 0.2) is 5.11 Å². The van der Waals surface area contributed by atoms with E-state index in [-0.39, 0.29) is 17.5 Å². The van der Waals surface area contributed by atoms with Crippen molar-refractivity contribution in [1.29, 1.82) is 0 Å². The molecule has 2 aromatic carbocycles. The second-order valence-corrected chi connectivity index (χ2v) is 7.42. The number of benzene rings is 2. The molecule has 150 valence electrons. The third-order valence-electron chi connectivity index (χ3n) is 5.24. The van der Waals surface area contributed by atoms with Crippen LogP contribution in [0.1, 0.15) is 35.6 Å². The molecule has 0 radical (unpaired) electrons. The van der Waals surface area contributed by atoms with Crippen molar-refractivity contribution in [1.82, 2.24) is 4.90 Å². The SMILES string of the molecule is Cl.FC(F)(F)c1cccc(NC(=S)Nc2ccc3c(c2)C2CCCN2CC3)c1. The predicted molar refractivity (Wildman–Crippen MR) is 112 cm³/mol. The number of hydrogen-bond acceptors (Lipinski definition) is 2. The molecule has 0 saturated carbocycles. The van der Waals surface area contributed by atoms with Crippen LogP contribution in [0.3, 0.4) is 0 Å². The molecule has 0 bridgehead atoms. The van der Waals surface area contributed by atoms with Crippen LogP contribution >= 0.6 is 24.6 Å². The van der Waals surface area contributed by atoms with Crippen molar-refractivity contribution < 1.29 is 13.2 Å². The number of rotatable bonds is 2. The van der Waals surface area contributed by atoms with Gasteiger partial charge in [0.05, 0.1) is 5.56 Å². The molecule has 28 heavy (non-hydrogen) atoms. The van der Waals surface area contributed by atoms with Crippen LogP contribution in [0.25, 0.3) is 0 Å². The average Bonchev–Trinajstić information content (AvgIpc) is 3.10. The predicted octanol–water partition coefficient (Wildman–Crippen LogP) is 5.63. The first-order chi connectivity index (χ1) is 12.9. The summed E-state index contributed by atoms with van der Waals surface area (Å²) in [6.45, 7) is 2.26. The van der Waals surface area contributed by atoms with Gasteiger partial charge in [-0.25, -0.2) is 0 Å². The summed E-state index contributed by atoms with van der Waals surface area (Å²) < 4.78 is 38.5. The van der Waals surface area contributed by atoms with Gasteiger partial charge in [-0.15, -0.1) is 12.4 Å². The molecule has 1 saturated heterocycles. The summed E-state index contributed by atoms with van der Waals surface area (Å²) >= 11 is 5.29. The highest BCUT2D eigenvalue weighted by Crippen LogP contribution is 2.38. The van der Waals surface area contributed by atoms with Crippen LogP contribution in [0.2, 0.25) is 0 Å². The Hall–Kier alpha value is -1.83. The van der Waals surface area contributed by atoms with Crippen LogP contribution < -0.4 is 10.6 Å². The summed E-state index contributed by atoms with van der Waals surface area (Å²) in [7, 11) is 0. The lowest BCUT2D eigenvalue weighted by Crippen LogP contribution is -2.31. The molecule has 2 aliphatic heterocycles. The quantitative estimate of drug-likeness (QED) is 0.607. The lowest BCUT2D eigenvalue weighted by molar-refractivity contribution is -0.137. The molecule has 3 nitrogen and oxygen atoms in total. The fourth-order valence-corrected chi connectivity index (χ4v) is 4.22. The highest BCUT2D eigenvalue weighted by Gasteiger charge is 2.31. The summed E-state index contributed by atoms with van der Waals surface area (Å²) in [5.41, 5.74) is 3.17. The Kier molecular flexibility index (Phi) is 6.17. The summed E-state index contributed by atoms with van der Waals surface area (Å²) in [6.07, 6.45) is -0.932. The number of nitrogens with one attached hydrogen (secondary N) is 2. The first-order valence-electron chi connectivity index (χ1n) is 9.02. The van der Waals surface area contributed by atoms with Gasteiger partial charge >= 0.3 is 6.18 Å². The maximum atomic E-state index is 12.8. The molecule has 2 heterocycles. The molecule has 2 aromatic rings. The molecule has 0 spiro atoms. The van der Waals surface area contributed by atoms with E-state index in [1.807, 2.05) is 6.07 Å². The lowest BCUT2D eigenvalue weighted by Gasteiger charge is -2.32. The highest BCUT2D eigenvalue weighted by molar-refractivity contribution is 7.80. The van der Waals surface area contributed by atoms with Gasteiger partial charge < -0.3 is 10.6 Å². The Morgan fingerprint density at radius 1 is 1.04 bits per heavy atom. The number of nitrogens with zero attached hydrogens (tertiary/aromatic N) is 1. The van der Waals surface area contributed by atoms with E-state index < -0.39 is 11.7 Å². The number of anilines is 2.